The van der Waals surface area contributed by atoms with Crippen LogP contribution in [0.3, 0.4) is 0 Å². The molecule has 1 N–H and O–H groups in total. The third-order valence-corrected chi connectivity index (χ3v) is 3.33. The molecular formula is C11H18Cl2N4. The molecule has 0 bridgehead atoms. The van der Waals surface area contributed by atoms with Gasteiger partial charge in [0.15, 0.2) is 5.15 Å². The summed E-state index contributed by atoms with van der Waals surface area (Å²) in [6, 6.07) is 0.587. The molecule has 0 spiro atoms. The van der Waals surface area contributed by atoms with E-state index in [4.69, 9.17) is 11.6 Å². The molecule has 2 heterocycles. The summed E-state index contributed by atoms with van der Waals surface area (Å²) < 4.78 is 0. The summed E-state index contributed by atoms with van der Waals surface area (Å²) in [4.78, 5) is 10.7. The molecule has 0 saturated carbocycles. The highest BCUT2D eigenvalue weighted by Gasteiger charge is 2.19. The predicted molar refractivity (Wildman–Crippen MR) is 71.6 cm³/mol. The summed E-state index contributed by atoms with van der Waals surface area (Å²) in [5.74, 6) is 0. The van der Waals surface area contributed by atoms with Crippen molar-refractivity contribution in [1.82, 2.24) is 20.2 Å². The Kier molecular flexibility index (Phi) is 6.12. The highest BCUT2D eigenvalue weighted by atomic mass is 35.5. The fourth-order valence-electron chi connectivity index (χ4n) is 2.10. The second kappa shape index (κ2) is 7.11. The largest absolute Gasteiger partial charge is 0.316 e. The SMILES string of the molecule is CNC1CCCN(Cc2nccnc2Cl)C1.Cl. The van der Waals surface area contributed by atoms with Gasteiger partial charge in [-0.15, -0.1) is 12.4 Å². The lowest BCUT2D eigenvalue weighted by atomic mass is 10.1. The van der Waals surface area contributed by atoms with E-state index < -0.39 is 0 Å². The number of likely N-dealkylation sites (N-methyl/N-ethyl adjacent to an activating group) is 1. The van der Waals surface area contributed by atoms with Gasteiger partial charge >= 0.3 is 0 Å². The smallest absolute Gasteiger partial charge is 0.151 e. The minimum absolute atomic E-state index is 0. The van der Waals surface area contributed by atoms with Gasteiger partial charge in [-0.3, -0.25) is 9.88 Å². The molecule has 0 aromatic carbocycles. The Morgan fingerprint density at radius 2 is 2.24 bits per heavy atom. The van der Waals surface area contributed by atoms with E-state index >= 15 is 0 Å². The van der Waals surface area contributed by atoms with Crippen LogP contribution in [0.15, 0.2) is 12.4 Å². The number of likely N-dealkylation sites (tertiary alicyclic amines) is 1. The van der Waals surface area contributed by atoms with Gasteiger partial charge in [-0.2, -0.15) is 0 Å². The first-order valence-electron chi connectivity index (χ1n) is 5.64. The van der Waals surface area contributed by atoms with Crippen LogP contribution < -0.4 is 5.32 Å². The van der Waals surface area contributed by atoms with E-state index in [1.165, 1.54) is 12.8 Å². The second-order valence-electron chi connectivity index (χ2n) is 4.16. The van der Waals surface area contributed by atoms with E-state index in [-0.39, 0.29) is 12.4 Å². The molecule has 0 amide bonds. The fourth-order valence-corrected chi connectivity index (χ4v) is 2.27. The van der Waals surface area contributed by atoms with Crippen LogP contribution in [-0.4, -0.2) is 41.0 Å². The van der Waals surface area contributed by atoms with Crippen LogP contribution >= 0.6 is 24.0 Å². The Morgan fingerprint density at radius 1 is 1.47 bits per heavy atom. The zero-order valence-electron chi connectivity index (χ0n) is 9.90. The molecule has 0 radical (unpaired) electrons. The molecule has 2 rings (SSSR count). The summed E-state index contributed by atoms with van der Waals surface area (Å²) in [5, 5.41) is 3.85. The second-order valence-corrected chi connectivity index (χ2v) is 4.51. The summed E-state index contributed by atoms with van der Waals surface area (Å²) in [6.07, 6.45) is 5.80. The van der Waals surface area contributed by atoms with Gasteiger partial charge in [-0.25, -0.2) is 4.98 Å². The fraction of sp³-hybridized carbons (Fsp3) is 0.636. The Labute approximate surface area is 113 Å². The van der Waals surface area contributed by atoms with Crippen LogP contribution in [0.2, 0.25) is 5.15 Å². The van der Waals surface area contributed by atoms with Gasteiger partial charge < -0.3 is 5.32 Å². The van der Waals surface area contributed by atoms with E-state index in [1.807, 2.05) is 7.05 Å². The van der Waals surface area contributed by atoms with E-state index in [1.54, 1.807) is 12.4 Å². The van der Waals surface area contributed by atoms with E-state index in [0.29, 0.717) is 11.2 Å². The molecule has 1 aromatic heterocycles. The lowest BCUT2D eigenvalue weighted by Gasteiger charge is -2.32. The number of rotatable bonds is 3. The highest BCUT2D eigenvalue weighted by molar-refractivity contribution is 6.29. The maximum absolute atomic E-state index is 6.00. The van der Waals surface area contributed by atoms with Gasteiger partial charge in [0.25, 0.3) is 0 Å². The number of aromatic nitrogens is 2. The van der Waals surface area contributed by atoms with E-state index in [2.05, 4.69) is 20.2 Å². The summed E-state index contributed by atoms with van der Waals surface area (Å²) >= 11 is 6.00. The van der Waals surface area contributed by atoms with Crippen molar-refractivity contribution in [2.24, 2.45) is 0 Å². The Morgan fingerprint density at radius 3 is 2.94 bits per heavy atom. The van der Waals surface area contributed by atoms with Crippen LogP contribution in [0, 0.1) is 0 Å². The zero-order chi connectivity index (χ0) is 11.4. The van der Waals surface area contributed by atoms with E-state index in [0.717, 1.165) is 25.3 Å². The number of halogens is 2. The number of hydrogen-bond donors (Lipinski definition) is 1. The molecule has 1 unspecified atom stereocenters. The Bertz CT molecular complexity index is 348. The van der Waals surface area contributed by atoms with Crippen LogP contribution in [-0.2, 0) is 6.54 Å². The van der Waals surface area contributed by atoms with Crippen LogP contribution in [0.4, 0.5) is 0 Å². The summed E-state index contributed by atoms with van der Waals surface area (Å²) in [5.41, 5.74) is 0.876. The maximum atomic E-state index is 6.00. The third kappa shape index (κ3) is 4.07. The molecule has 1 aromatic rings. The summed E-state index contributed by atoms with van der Waals surface area (Å²) in [7, 11) is 2.02. The molecule has 6 heteroatoms. The topological polar surface area (TPSA) is 41.0 Å². The Balaban J connectivity index is 0.00000144. The van der Waals surface area contributed by atoms with Crippen molar-refractivity contribution in [3.63, 3.8) is 0 Å². The van der Waals surface area contributed by atoms with Crippen molar-refractivity contribution in [1.29, 1.82) is 0 Å². The minimum atomic E-state index is 0. The molecule has 1 saturated heterocycles. The average molecular weight is 277 g/mol. The minimum Gasteiger partial charge on any atom is -0.316 e. The van der Waals surface area contributed by atoms with Gasteiger partial charge in [0.2, 0.25) is 0 Å². The van der Waals surface area contributed by atoms with Crippen LogP contribution in [0.5, 0.6) is 0 Å². The maximum Gasteiger partial charge on any atom is 0.151 e. The number of piperidine rings is 1. The molecule has 96 valence electrons. The van der Waals surface area contributed by atoms with Crippen LogP contribution in [0.25, 0.3) is 0 Å². The van der Waals surface area contributed by atoms with Crippen molar-refractivity contribution in [3.05, 3.63) is 23.2 Å². The molecule has 0 aliphatic carbocycles. The molecule has 4 nitrogen and oxygen atoms in total. The predicted octanol–water partition coefficient (Wildman–Crippen LogP) is 1.74. The highest BCUT2D eigenvalue weighted by Crippen LogP contribution is 2.15. The van der Waals surface area contributed by atoms with E-state index in [9.17, 15) is 0 Å². The standard InChI is InChI=1S/C11H17ClN4.ClH/c1-13-9-3-2-6-16(7-9)8-10-11(12)15-5-4-14-10;/h4-5,9,13H,2-3,6-8H2,1H3;1H. The lowest BCUT2D eigenvalue weighted by molar-refractivity contribution is 0.186. The van der Waals surface area contributed by atoms with Crippen molar-refractivity contribution in [2.45, 2.75) is 25.4 Å². The molecule has 17 heavy (non-hydrogen) atoms. The average Bonchev–Trinajstić information content (AvgIpc) is 2.32. The quantitative estimate of drug-likeness (QED) is 0.913. The van der Waals surface area contributed by atoms with Gasteiger partial charge in [0.05, 0.1) is 5.69 Å². The Hall–Kier alpha value is -0.420. The van der Waals surface area contributed by atoms with Crippen molar-refractivity contribution < 1.29 is 0 Å². The molecule has 1 fully saturated rings. The molecule has 1 atom stereocenters. The molecule has 1 aliphatic rings. The van der Waals surface area contributed by atoms with Crippen molar-refractivity contribution in [2.75, 3.05) is 20.1 Å². The normalized spacial score (nSPS) is 20.9. The van der Waals surface area contributed by atoms with Crippen molar-refractivity contribution in [3.8, 4) is 0 Å². The van der Waals surface area contributed by atoms with Gasteiger partial charge in [0.1, 0.15) is 0 Å². The van der Waals surface area contributed by atoms with Gasteiger partial charge in [0, 0.05) is 31.5 Å². The third-order valence-electron chi connectivity index (χ3n) is 3.01. The van der Waals surface area contributed by atoms with Gasteiger partial charge in [-0.05, 0) is 26.4 Å². The summed E-state index contributed by atoms with van der Waals surface area (Å²) in [6.45, 7) is 2.97. The number of hydrogen-bond acceptors (Lipinski definition) is 4. The lowest BCUT2D eigenvalue weighted by Crippen LogP contribution is -2.44. The van der Waals surface area contributed by atoms with Crippen molar-refractivity contribution >= 4 is 24.0 Å². The molecular weight excluding hydrogens is 259 g/mol. The number of nitrogens with one attached hydrogen (secondary N) is 1. The number of nitrogens with zero attached hydrogens (tertiary/aromatic N) is 3. The van der Waals surface area contributed by atoms with Gasteiger partial charge in [-0.1, -0.05) is 11.6 Å². The first-order chi connectivity index (χ1) is 7.79. The van der Waals surface area contributed by atoms with Crippen LogP contribution in [0.1, 0.15) is 18.5 Å². The first-order valence-corrected chi connectivity index (χ1v) is 6.02. The zero-order valence-corrected chi connectivity index (χ0v) is 11.5. The first kappa shape index (κ1) is 14.6. The monoisotopic (exact) mass is 276 g/mol. The molecule has 1 aliphatic heterocycles.